The van der Waals surface area contributed by atoms with Gasteiger partial charge in [0.05, 0.1) is 0 Å². The smallest absolute Gasteiger partial charge is 0.0356 e. The number of hydrogen-bond acceptors (Lipinski definition) is 2. The first-order valence-corrected chi connectivity index (χ1v) is 5.96. The maximum Gasteiger partial charge on any atom is 0.0356 e. The van der Waals surface area contributed by atoms with Gasteiger partial charge in [0.15, 0.2) is 0 Å². The van der Waals surface area contributed by atoms with E-state index in [1.807, 2.05) is 7.05 Å². The van der Waals surface area contributed by atoms with E-state index in [0.717, 1.165) is 25.9 Å². The molecule has 2 heteroatoms. The van der Waals surface area contributed by atoms with E-state index < -0.39 is 0 Å². The summed E-state index contributed by atoms with van der Waals surface area (Å²) in [4.78, 5) is 2.49. The second-order valence-electron chi connectivity index (χ2n) is 4.13. The van der Waals surface area contributed by atoms with Crippen LogP contribution in [0.5, 0.6) is 0 Å². The summed E-state index contributed by atoms with van der Waals surface area (Å²) in [6.45, 7) is 11.1. The van der Waals surface area contributed by atoms with Crippen LogP contribution in [-0.4, -0.2) is 36.6 Å². The standard InChI is InChI=1S/C13H26N2/c1-7-11-12(14-6)13(5,8-2)15(9-3)10-4/h1,12,14H,8-11H2,2-6H3. The minimum Gasteiger partial charge on any atom is -0.314 e. The van der Waals surface area contributed by atoms with Gasteiger partial charge in [-0.05, 0) is 33.5 Å². The lowest BCUT2D eigenvalue weighted by Crippen LogP contribution is -2.58. The van der Waals surface area contributed by atoms with Gasteiger partial charge in [-0.15, -0.1) is 12.3 Å². The second-order valence-corrected chi connectivity index (χ2v) is 4.13. The lowest BCUT2D eigenvalue weighted by atomic mass is 9.85. The molecular weight excluding hydrogens is 184 g/mol. The number of rotatable bonds is 7. The van der Waals surface area contributed by atoms with Gasteiger partial charge in [0.1, 0.15) is 0 Å². The van der Waals surface area contributed by atoms with Gasteiger partial charge in [-0.1, -0.05) is 20.8 Å². The first kappa shape index (κ1) is 14.5. The first-order valence-electron chi connectivity index (χ1n) is 5.96. The highest BCUT2D eigenvalue weighted by molar-refractivity contribution is 5.02. The van der Waals surface area contributed by atoms with E-state index in [9.17, 15) is 0 Å². The lowest BCUT2D eigenvalue weighted by molar-refractivity contribution is 0.0748. The number of nitrogens with one attached hydrogen (secondary N) is 1. The average Bonchev–Trinajstić information content (AvgIpc) is 2.27. The van der Waals surface area contributed by atoms with Crippen LogP contribution < -0.4 is 5.32 Å². The van der Waals surface area contributed by atoms with E-state index in [4.69, 9.17) is 6.42 Å². The van der Waals surface area contributed by atoms with E-state index in [0.29, 0.717) is 6.04 Å². The summed E-state index contributed by atoms with van der Waals surface area (Å²) < 4.78 is 0. The normalized spacial score (nSPS) is 17.1. The van der Waals surface area contributed by atoms with Crippen LogP contribution in [0.4, 0.5) is 0 Å². The molecule has 0 heterocycles. The molecule has 0 amide bonds. The van der Waals surface area contributed by atoms with Crippen LogP contribution in [-0.2, 0) is 0 Å². The van der Waals surface area contributed by atoms with E-state index in [-0.39, 0.29) is 5.54 Å². The number of terminal acetylenes is 1. The summed E-state index contributed by atoms with van der Waals surface area (Å²) in [5, 5.41) is 3.36. The summed E-state index contributed by atoms with van der Waals surface area (Å²) in [7, 11) is 2.00. The van der Waals surface area contributed by atoms with Crippen molar-refractivity contribution in [2.45, 2.75) is 52.1 Å². The van der Waals surface area contributed by atoms with Gasteiger partial charge in [-0.3, -0.25) is 4.90 Å². The molecule has 0 aromatic heterocycles. The third-order valence-corrected chi connectivity index (χ3v) is 3.62. The number of likely N-dealkylation sites (N-methyl/N-ethyl adjacent to an activating group) is 2. The Morgan fingerprint density at radius 3 is 2.13 bits per heavy atom. The van der Waals surface area contributed by atoms with Crippen molar-refractivity contribution >= 4 is 0 Å². The second kappa shape index (κ2) is 6.87. The Balaban J connectivity index is 4.85. The maximum atomic E-state index is 5.43. The first-order chi connectivity index (χ1) is 7.10. The van der Waals surface area contributed by atoms with Crippen LogP contribution in [0.2, 0.25) is 0 Å². The molecule has 0 radical (unpaired) electrons. The summed E-state index contributed by atoms with van der Waals surface area (Å²) in [5.41, 5.74) is 0.157. The molecule has 2 unspecified atom stereocenters. The molecule has 0 bridgehead atoms. The van der Waals surface area contributed by atoms with E-state index in [1.165, 1.54) is 0 Å². The molecule has 0 saturated heterocycles. The Morgan fingerprint density at radius 2 is 1.87 bits per heavy atom. The molecule has 0 aliphatic carbocycles. The van der Waals surface area contributed by atoms with Gasteiger partial charge in [0.25, 0.3) is 0 Å². The number of hydrogen-bond donors (Lipinski definition) is 1. The minimum absolute atomic E-state index is 0.157. The Labute approximate surface area is 95.4 Å². The maximum absolute atomic E-state index is 5.43. The van der Waals surface area contributed by atoms with Gasteiger partial charge >= 0.3 is 0 Å². The fraction of sp³-hybridized carbons (Fsp3) is 0.846. The molecule has 0 aromatic carbocycles. The van der Waals surface area contributed by atoms with Crippen LogP contribution >= 0.6 is 0 Å². The molecule has 0 spiro atoms. The van der Waals surface area contributed by atoms with Crippen LogP contribution in [0.15, 0.2) is 0 Å². The van der Waals surface area contributed by atoms with Gasteiger partial charge in [0.2, 0.25) is 0 Å². The fourth-order valence-electron chi connectivity index (χ4n) is 2.39. The van der Waals surface area contributed by atoms with Crippen molar-refractivity contribution in [2.75, 3.05) is 20.1 Å². The predicted molar refractivity (Wildman–Crippen MR) is 67.9 cm³/mol. The topological polar surface area (TPSA) is 15.3 Å². The van der Waals surface area contributed by atoms with E-state index in [2.05, 4.69) is 43.8 Å². The van der Waals surface area contributed by atoms with Gasteiger partial charge in [-0.25, -0.2) is 0 Å². The highest BCUT2D eigenvalue weighted by Crippen LogP contribution is 2.25. The van der Waals surface area contributed by atoms with E-state index in [1.54, 1.807) is 0 Å². The summed E-state index contributed by atoms with van der Waals surface area (Å²) in [5.74, 6) is 2.77. The Hall–Kier alpha value is -0.520. The molecule has 0 aromatic rings. The van der Waals surface area contributed by atoms with Crippen molar-refractivity contribution in [1.82, 2.24) is 10.2 Å². The van der Waals surface area contributed by atoms with Crippen LogP contribution in [0.1, 0.15) is 40.5 Å². The third-order valence-electron chi connectivity index (χ3n) is 3.62. The largest absolute Gasteiger partial charge is 0.314 e. The zero-order chi connectivity index (χ0) is 11.9. The summed E-state index contributed by atoms with van der Waals surface area (Å²) in [6, 6.07) is 0.368. The SMILES string of the molecule is C#CCC(NC)C(C)(CC)N(CC)CC. The molecule has 0 aliphatic rings. The number of nitrogens with zero attached hydrogens (tertiary/aromatic N) is 1. The van der Waals surface area contributed by atoms with E-state index >= 15 is 0 Å². The van der Waals surface area contributed by atoms with Gasteiger partial charge in [0, 0.05) is 18.0 Å². The van der Waals surface area contributed by atoms with Crippen molar-refractivity contribution in [3.63, 3.8) is 0 Å². The fourth-order valence-corrected chi connectivity index (χ4v) is 2.39. The molecule has 0 saturated carbocycles. The molecular formula is C13H26N2. The molecule has 0 aliphatic heterocycles. The van der Waals surface area contributed by atoms with Crippen LogP contribution in [0.3, 0.4) is 0 Å². The third kappa shape index (κ3) is 3.22. The molecule has 88 valence electrons. The molecule has 0 fully saturated rings. The zero-order valence-corrected chi connectivity index (χ0v) is 10.9. The zero-order valence-electron chi connectivity index (χ0n) is 10.9. The highest BCUT2D eigenvalue weighted by Gasteiger charge is 2.35. The van der Waals surface area contributed by atoms with Crippen molar-refractivity contribution < 1.29 is 0 Å². The van der Waals surface area contributed by atoms with Crippen molar-refractivity contribution in [3.05, 3.63) is 0 Å². The minimum atomic E-state index is 0.157. The van der Waals surface area contributed by atoms with Crippen molar-refractivity contribution in [3.8, 4) is 12.3 Å². The van der Waals surface area contributed by atoms with Gasteiger partial charge in [-0.2, -0.15) is 0 Å². The predicted octanol–water partition coefficient (Wildman–Crippen LogP) is 2.11. The molecule has 15 heavy (non-hydrogen) atoms. The Bertz CT molecular complexity index is 203. The quantitative estimate of drug-likeness (QED) is 0.647. The van der Waals surface area contributed by atoms with Crippen LogP contribution in [0.25, 0.3) is 0 Å². The summed E-state index contributed by atoms with van der Waals surface area (Å²) in [6.07, 6.45) is 7.33. The highest BCUT2D eigenvalue weighted by atomic mass is 15.2. The summed E-state index contributed by atoms with van der Waals surface area (Å²) >= 11 is 0. The van der Waals surface area contributed by atoms with Crippen molar-refractivity contribution in [2.24, 2.45) is 0 Å². The van der Waals surface area contributed by atoms with Crippen LogP contribution in [0, 0.1) is 12.3 Å². The molecule has 0 rings (SSSR count). The Morgan fingerprint density at radius 1 is 1.33 bits per heavy atom. The Kier molecular flexibility index (Phi) is 6.63. The lowest BCUT2D eigenvalue weighted by Gasteiger charge is -2.45. The average molecular weight is 210 g/mol. The molecule has 2 atom stereocenters. The monoisotopic (exact) mass is 210 g/mol. The van der Waals surface area contributed by atoms with Gasteiger partial charge < -0.3 is 5.32 Å². The van der Waals surface area contributed by atoms with Crippen molar-refractivity contribution in [1.29, 1.82) is 0 Å². The molecule has 2 nitrogen and oxygen atoms in total. The molecule has 1 N–H and O–H groups in total.